The molecule has 1 nitrogen and oxygen atoms in total. The first-order valence-electron chi connectivity index (χ1n) is 6.15. The highest BCUT2D eigenvalue weighted by atomic mass is 79.9. The van der Waals surface area contributed by atoms with E-state index < -0.39 is 0 Å². The largest absolute Gasteiger partial charge is 0.313 e. The van der Waals surface area contributed by atoms with Crippen LogP contribution in [0, 0.1) is 5.92 Å². The van der Waals surface area contributed by atoms with Gasteiger partial charge in [-0.3, -0.25) is 0 Å². The molecule has 0 aliphatic heterocycles. The molecule has 2 rings (SSSR count). The van der Waals surface area contributed by atoms with Crippen molar-refractivity contribution in [3.05, 3.63) is 34.3 Å². The smallest absolute Gasteiger partial charge is 0.0175 e. The Kier molecular flexibility index (Phi) is 4.04. The molecule has 0 spiro atoms. The van der Waals surface area contributed by atoms with Crippen molar-refractivity contribution in [3.8, 4) is 0 Å². The Morgan fingerprint density at radius 3 is 2.38 bits per heavy atom. The summed E-state index contributed by atoms with van der Waals surface area (Å²) in [4.78, 5) is 0. The van der Waals surface area contributed by atoms with Crippen LogP contribution >= 0.6 is 15.9 Å². The number of halogens is 1. The first kappa shape index (κ1) is 12.1. The summed E-state index contributed by atoms with van der Waals surface area (Å²) in [7, 11) is 0. The maximum atomic E-state index is 3.64. The summed E-state index contributed by atoms with van der Waals surface area (Å²) in [6.07, 6.45) is 2.73. The molecule has 0 radical (unpaired) electrons. The summed E-state index contributed by atoms with van der Waals surface area (Å²) in [6.45, 7) is 5.73. The van der Waals surface area contributed by atoms with E-state index in [2.05, 4.69) is 59.4 Å². The lowest BCUT2D eigenvalue weighted by atomic mass is 9.88. The molecule has 1 N–H and O–H groups in total. The first-order chi connectivity index (χ1) is 7.66. The molecule has 1 fully saturated rings. The lowest BCUT2D eigenvalue weighted by molar-refractivity contribution is 0.460. The normalized spacial score (nSPS) is 17.8. The van der Waals surface area contributed by atoms with Crippen molar-refractivity contribution in [2.24, 2.45) is 5.92 Å². The Hall–Kier alpha value is -0.340. The minimum atomic E-state index is 0.633. The Morgan fingerprint density at radius 2 is 1.88 bits per heavy atom. The lowest BCUT2D eigenvalue weighted by Crippen LogP contribution is -2.26. The van der Waals surface area contributed by atoms with E-state index in [0.717, 1.165) is 17.1 Å². The van der Waals surface area contributed by atoms with Crippen LogP contribution in [0.2, 0.25) is 0 Å². The minimum absolute atomic E-state index is 0.633. The van der Waals surface area contributed by atoms with E-state index in [4.69, 9.17) is 0 Å². The number of nitrogens with one attached hydrogen (secondary N) is 1. The fourth-order valence-electron chi connectivity index (χ4n) is 2.03. The van der Waals surface area contributed by atoms with Gasteiger partial charge in [-0.05, 0) is 42.4 Å². The van der Waals surface area contributed by atoms with Crippen LogP contribution < -0.4 is 5.32 Å². The van der Waals surface area contributed by atoms with Gasteiger partial charge in [0, 0.05) is 17.1 Å². The van der Waals surface area contributed by atoms with Crippen LogP contribution in [0.1, 0.15) is 38.2 Å². The number of benzene rings is 1. The Bertz CT molecular complexity index is 327. The molecule has 0 aromatic heterocycles. The van der Waals surface area contributed by atoms with Gasteiger partial charge in [-0.25, -0.2) is 0 Å². The molecule has 1 aliphatic carbocycles. The molecular weight excluding hydrogens is 262 g/mol. The van der Waals surface area contributed by atoms with Crippen LogP contribution in [0.15, 0.2) is 28.7 Å². The van der Waals surface area contributed by atoms with Crippen LogP contribution in [-0.2, 0) is 0 Å². The fraction of sp³-hybridized carbons (Fsp3) is 0.571. The highest BCUT2D eigenvalue weighted by Gasteiger charge is 2.23. The Balaban J connectivity index is 2.01. The van der Waals surface area contributed by atoms with E-state index in [1.807, 2.05) is 0 Å². The monoisotopic (exact) mass is 281 g/mol. The van der Waals surface area contributed by atoms with Gasteiger partial charge in [0.25, 0.3) is 0 Å². The molecule has 1 aromatic rings. The van der Waals surface area contributed by atoms with Gasteiger partial charge in [0.05, 0.1) is 0 Å². The molecule has 2 heteroatoms. The molecule has 88 valence electrons. The topological polar surface area (TPSA) is 12.0 Å². The Morgan fingerprint density at radius 1 is 1.25 bits per heavy atom. The van der Waals surface area contributed by atoms with Gasteiger partial charge in [0.1, 0.15) is 0 Å². The van der Waals surface area contributed by atoms with E-state index in [1.54, 1.807) is 0 Å². The van der Waals surface area contributed by atoms with Crippen molar-refractivity contribution in [2.45, 2.75) is 38.6 Å². The first-order valence-corrected chi connectivity index (χ1v) is 6.95. The summed E-state index contributed by atoms with van der Waals surface area (Å²) in [5.74, 6) is 1.32. The zero-order chi connectivity index (χ0) is 11.5. The SMILES string of the molecule is CC(C)C(CNC1CC1)c1ccc(Br)cc1. The van der Waals surface area contributed by atoms with Crippen molar-refractivity contribution in [1.82, 2.24) is 5.32 Å². The molecule has 1 atom stereocenters. The summed E-state index contributed by atoms with van der Waals surface area (Å²) in [5, 5.41) is 3.64. The maximum Gasteiger partial charge on any atom is 0.0175 e. The van der Waals surface area contributed by atoms with Crippen molar-refractivity contribution in [2.75, 3.05) is 6.54 Å². The van der Waals surface area contributed by atoms with Gasteiger partial charge >= 0.3 is 0 Å². The van der Waals surface area contributed by atoms with Gasteiger partial charge in [-0.1, -0.05) is 41.9 Å². The van der Waals surface area contributed by atoms with E-state index in [1.165, 1.54) is 18.4 Å². The van der Waals surface area contributed by atoms with Gasteiger partial charge in [-0.2, -0.15) is 0 Å². The van der Waals surface area contributed by atoms with Gasteiger partial charge in [0.15, 0.2) is 0 Å². The van der Waals surface area contributed by atoms with Gasteiger partial charge in [-0.15, -0.1) is 0 Å². The van der Waals surface area contributed by atoms with Crippen LogP contribution in [0.4, 0.5) is 0 Å². The number of rotatable bonds is 5. The minimum Gasteiger partial charge on any atom is -0.313 e. The number of hydrogen-bond acceptors (Lipinski definition) is 1. The summed E-state index contributed by atoms with van der Waals surface area (Å²) >= 11 is 3.49. The zero-order valence-electron chi connectivity index (χ0n) is 10.0. The molecule has 0 amide bonds. The highest BCUT2D eigenvalue weighted by Crippen LogP contribution is 2.27. The Labute approximate surface area is 107 Å². The van der Waals surface area contributed by atoms with Crippen LogP contribution in [0.3, 0.4) is 0 Å². The second-order valence-corrected chi connectivity index (χ2v) is 6.00. The van der Waals surface area contributed by atoms with Gasteiger partial charge in [0.2, 0.25) is 0 Å². The average Bonchev–Trinajstić information content (AvgIpc) is 3.04. The van der Waals surface area contributed by atoms with Gasteiger partial charge < -0.3 is 5.32 Å². The quantitative estimate of drug-likeness (QED) is 0.862. The van der Waals surface area contributed by atoms with Crippen molar-refractivity contribution in [1.29, 1.82) is 0 Å². The third-order valence-electron chi connectivity index (χ3n) is 3.31. The van der Waals surface area contributed by atoms with Crippen LogP contribution in [0.25, 0.3) is 0 Å². The molecule has 1 aliphatic rings. The summed E-state index contributed by atoms with van der Waals surface area (Å²) in [5.41, 5.74) is 1.45. The molecule has 1 saturated carbocycles. The molecule has 0 bridgehead atoms. The van der Waals surface area contributed by atoms with E-state index >= 15 is 0 Å². The van der Waals surface area contributed by atoms with E-state index in [0.29, 0.717) is 11.8 Å². The predicted molar refractivity (Wildman–Crippen MR) is 72.7 cm³/mol. The third-order valence-corrected chi connectivity index (χ3v) is 3.84. The van der Waals surface area contributed by atoms with Crippen molar-refractivity contribution in [3.63, 3.8) is 0 Å². The molecule has 0 heterocycles. The predicted octanol–water partition coefficient (Wildman–Crippen LogP) is 3.94. The molecule has 1 aromatic carbocycles. The van der Waals surface area contributed by atoms with E-state index in [9.17, 15) is 0 Å². The summed E-state index contributed by atoms with van der Waals surface area (Å²) in [6, 6.07) is 9.56. The third kappa shape index (κ3) is 3.33. The molecule has 0 saturated heterocycles. The van der Waals surface area contributed by atoms with Crippen molar-refractivity contribution < 1.29 is 0 Å². The van der Waals surface area contributed by atoms with Crippen LogP contribution in [0.5, 0.6) is 0 Å². The lowest BCUT2D eigenvalue weighted by Gasteiger charge is -2.22. The zero-order valence-corrected chi connectivity index (χ0v) is 11.6. The van der Waals surface area contributed by atoms with Crippen molar-refractivity contribution >= 4 is 15.9 Å². The highest BCUT2D eigenvalue weighted by molar-refractivity contribution is 9.10. The second-order valence-electron chi connectivity index (χ2n) is 5.08. The molecule has 1 unspecified atom stereocenters. The maximum absolute atomic E-state index is 3.64. The second kappa shape index (κ2) is 5.33. The fourth-order valence-corrected chi connectivity index (χ4v) is 2.29. The molecule has 16 heavy (non-hydrogen) atoms. The number of hydrogen-bond donors (Lipinski definition) is 1. The average molecular weight is 282 g/mol. The summed E-state index contributed by atoms with van der Waals surface area (Å²) < 4.78 is 1.16. The standard InChI is InChI=1S/C14H20BrN/c1-10(2)14(9-16-13-7-8-13)11-3-5-12(15)6-4-11/h3-6,10,13-14,16H,7-9H2,1-2H3. The van der Waals surface area contributed by atoms with E-state index in [-0.39, 0.29) is 0 Å². The van der Waals surface area contributed by atoms with Crippen LogP contribution in [-0.4, -0.2) is 12.6 Å². The molecular formula is C14H20BrN.